The number of amides is 1. The van der Waals surface area contributed by atoms with Crippen LogP contribution in [0.3, 0.4) is 0 Å². The molecule has 0 atom stereocenters. The summed E-state index contributed by atoms with van der Waals surface area (Å²) in [5.41, 5.74) is 1.12. The lowest BCUT2D eigenvalue weighted by Gasteiger charge is -2.21. The molecule has 2 rings (SSSR count). The maximum Gasteiger partial charge on any atom is 0.274 e. The van der Waals surface area contributed by atoms with E-state index in [1.807, 2.05) is 20.8 Å². The Bertz CT molecular complexity index is 819. The van der Waals surface area contributed by atoms with E-state index in [2.05, 4.69) is 20.6 Å². The number of aromatic nitrogens is 2. The van der Waals surface area contributed by atoms with Gasteiger partial charge in [0.05, 0.1) is 24.9 Å². The Hall–Kier alpha value is -2.54. The molecule has 26 heavy (non-hydrogen) atoms. The van der Waals surface area contributed by atoms with Gasteiger partial charge >= 0.3 is 0 Å². The summed E-state index contributed by atoms with van der Waals surface area (Å²) < 4.78 is 10.5. The quantitative estimate of drug-likeness (QED) is 0.820. The van der Waals surface area contributed by atoms with E-state index in [0.29, 0.717) is 33.9 Å². The maximum atomic E-state index is 12.7. The van der Waals surface area contributed by atoms with E-state index >= 15 is 0 Å². The van der Waals surface area contributed by atoms with Crippen LogP contribution in [0.25, 0.3) is 0 Å². The summed E-state index contributed by atoms with van der Waals surface area (Å²) in [6.07, 6.45) is 0. The molecule has 1 aromatic carbocycles. The highest BCUT2D eigenvalue weighted by molar-refractivity contribution is 6.32. The van der Waals surface area contributed by atoms with Gasteiger partial charge in [0, 0.05) is 23.4 Å². The zero-order valence-electron chi connectivity index (χ0n) is 15.7. The van der Waals surface area contributed by atoms with Crippen molar-refractivity contribution >= 4 is 29.1 Å². The molecule has 8 heteroatoms. The van der Waals surface area contributed by atoms with Gasteiger partial charge in [-0.25, -0.2) is 9.97 Å². The molecule has 140 valence electrons. The van der Waals surface area contributed by atoms with E-state index in [4.69, 9.17) is 21.1 Å². The van der Waals surface area contributed by atoms with Crippen LogP contribution in [0.4, 0.5) is 11.6 Å². The molecule has 0 bridgehead atoms. The largest absolute Gasteiger partial charge is 0.495 e. The molecule has 1 heterocycles. The van der Waals surface area contributed by atoms with Gasteiger partial charge in [-0.2, -0.15) is 0 Å². The topological polar surface area (TPSA) is 85.4 Å². The fourth-order valence-electron chi connectivity index (χ4n) is 2.22. The molecule has 0 unspecified atom stereocenters. The van der Waals surface area contributed by atoms with Crippen LogP contribution in [0, 0.1) is 6.92 Å². The minimum atomic E-state index is -0.393. The first-order valence-electron chi connectivity index (χ1n) is 7.99. The smallest absolute Gasteiger partial charge is 0.274 e. The van der Waals surface area contributed by atoms with Gasteiger partial charge in [0.15, 0.2) is 0 Å². The maximum absolute atomic E-state index is 12.7. The number of anilines is 2. The Morgan fingerprint density at radius 1 is 1.08 bits per heavy atom. The fraction of sp³-hybridized carbons (Fsp3) is 0.389. The molecule has 0 aliphatic carbocycles. The van der Waals surface area contributed by atoms with E-state index in [1.165, 1.54) is 14.2 Å². The normalized spacial score (nSPS) is 11.0. The predicted molar refractivity (Wildman–Crippen MR) is 103 cm³/mol. The lowest BCUT2D eigenvalue weighted by molar-refractivity contribution is 0.102. The number of benzene rings is 1. The SMILES string of the molecule is COc1cc(NC(=O)c2cc(C)nc(NC(C)(C)C)n2)c(OC)cc1Cl. The van der Waals surface area contributed by atoms with Crippen molar-refractivity contribution < 1.29 is 14.3 Å². The van der Waals surface area contributed by atoms with Crippen molar-refractivity contribution in [2.45, 2.75) is 33.2 Å². The van der Waals surface area contributed by atoms with Gasteiger partial charge in [0.1, 0.15) is 17.2 Å². The number of rotatable bonds is 5. The zero-order valence-corrected chi connectivity index (χ0v) is 16.5. The van der Waals surface area contributed by atoms with Crippen LogP contribution in [-0.2, 0) is 0 Å². The third kappa shape index (κ3) is 4.98. The Morgan fingerprint density at radius 3 is 2.31 bits per heavy atom. The monoisotopic (exact) mass is 378 g/mol. The highest BCUT2D eigenvalue weighted by atomic mass is 35.5. The molecule has 2 N–H and O–H groups in total. The van der Waals surface area contributed by atoms with Gasteiger partial charge in [-0.05, 0) is 33.8 Å². The molecule has 0 spiro atoms. The van der Waals surface area contributed by atoms with Crippen molar-refractivity contribution in [2.24, 2.45) is 0 Å². The van der Waals surface area contributed by atoms with Crippen molar-refractivity contribution in [3.05, 3.63) is 34.6 Å². The minimum Gasteiger partial charge on any atom is -0.495 e. The fourth-order valence-corrected chi connectivity index (χ4v) is 2.45. The summed E-state index contributed by atoms with van der Waals surface area (Å²) in [6.45, 7) is 7.77. The summed E-state index contributed by atoms with van der Waals surface area (Å²) in [5, 5.41) is 6.33. The third-order valence-electron chi connectivity index (χ3n) is 3.30. The summed E-state index contributed by atoms with van der Waals surface area (Å²) >= 11 is 6.09. The first kappa shape index (κ1) is 19.8. The van der Waals surface area contributed by atoms with Crippen LogP contribution in [0.5, 0.6) is 11.5 Å². The van der Waals surface area contributed by atoms with Crippen LogP contribution >= 0.6 is 11.6 Å². The van der Waals surface area contributed by atoms with Gasteiger partial charge in [0.2, 0.25) is 5.95 Å². The molecule has 0 saturated carbocycles. The molecule has 0 aliphatic heterocycles. The molecule has 7 nitrogen and oxygen atoms in total. The highest BCUT2D eigenvalue weighted by Gasteiger charge is 2.17. The van der Waals surface area contributed by atoms with Crippen molar-refractivity contribution in [3.63, 3.8) is 0 Å². The number of hydrogen-bond donors (Lipinski definition) is 2. The molecule has 1 aromatic heterocycles. The van der Waals surface area contributed by atoms with Crippen LogP contribution < -0.4 is 20.1 Å². The standard InChI is InChI=1S/C18H23ClN4O3/c1-10-7-13(22-17(20-10)23-18(2,3)4)16(24)21-12-9-14(25-5)11(19)8-15(12)26-6/h7-9H,1-6H3,(H,21,24)(H,20,22,23). The first-order chi connectivity index (χ1) is 12.1. The average molecular weight is 379 g/mol. The molecule has 0 aliphatic rings. The van der Waals surface area contributed by atoms with Crippen molar-refractivity contribution in [1.82, 2.24) is 9.97 Å². The predicted octanol–water partition coefficient (Wildman–Crippen LogP) is 3.92. The molecule has 1 amide bonds. The number of carbonyl (C=O) groups is 1. The first-order valence-corrected chi connectivity index (χ1v) is 8.37. The lowest BCUT2D eigenvalue weighted by atomic mass is 10.1. The van der Waals surface area contributed by atoms with Gasteiger partial charge in [0.25, 0.3) is 5.91 Å². The molecule has 0 saturated heterocycles. The van der Waals surface area contributed by atoms with Crippen molar-refractivity contribution in [2.75, 3.05) is 24.9 Å². The van der Waals surface area contributed by atoms with Crippen molar-refractivity contribution in [1.29, 1.82) is 0 Å². The number of nitrogens with zero attached hydrogens (tertiary/aromatic N) is 2. The second kappa shape index (κ2) is 7.78. The summed E-state index contributed by atoms with van der Waals surface area (Å²) in [5.74, 6) is 0.845. The van der Waals surface area contributed by atoms with E-state index in [-0.39, 0.29) is 11.2 Å². The zero-order chi connectivity index (χ0) is 19.5. The second-order valence-electron chi connectivity index (χ2n) is 6.73. The number of hydrogen-bond acceptors (Lipinski definition) is 6. The van der Waals surface area contributed by atoms with E-state index < -0.39 is 5.91 Å². The Labute approximate surface area is 158 Å². The van der Waals surface area contributed by atoms with Crippen LogP contribution in [0.2, 0.25) is 5.02 Å². The number of ether oxygens (including phenoxy) is 2. The Kier molecular flexibility index (Phi) is 5.92. The molecular formula is C18H23ClN4O3. The second-order valence-corrected chi connectivity index (χ2v) is 7.14. The van der Waals surface area contributed by atoms with Gasteiger partial charge in [-0.3, -0.25) is 4.79 Å². The van der Waals surface area contributed by atoms with E-state index in [9.17, 15) is 4.79 Å². The van der Waals surface area contributed by atoms with Crippen LogP contribution in [-0.4, -0.2) is 35.6 Å². The molecule has 2 aromatic rings. The van der Waals surface area contributed by atoms with E-state index in [1.54, 1.807) is 25.1 Å². The third-order valence-corrected chi connectivity index (χ3v) is 3.59. The summed E-state index contributed by atoms with van der Waals surface area (Å²) in [4.78, 5) is 21.3. The van der Waals surface area contributed by atoms with Gasteiger partial charge < -0.3 is 20.1 Å². The summed E-state index contributed by atoms with van der Waals surface area (Å²) in [7, 11) is 2.99. The lowest BCUT2D eigenvalue weighted by Crippen LogP contribution is -2.28. The Morgan fingerprint density at radius 2 is 1.73 bits per heavy atom. The molecule has 0 fully saturated rings. The average Bonchev–Trinajstić information content (AvgIpc) is 2.53. The Balaban J connectivity index is 2.33. The van der Waals surface area contributed by atoms with Gasteiger partial charge in [-0.15, -0.1) is 0 Å². The number of aryl methyl sites for hydroxylation is 1. The molecular weight excluding hydrogens is 356 g/mol. The number of methoxy groups -OCH3 is 2. The van der Waals surface area contributed by atoms with Crippen LogP contribution in [0.1, 0.15) is 37.0 Å². The van der Waals surface area contributed by atoms with E-state index in [0.717, 1.165) is 0 Å². The summed E-state index contributed by atoms with van der Waals surface area (Å²) in [6, 6.07) is 4.79. The minimum absolute atomic E-state index is 0.228. The number of carbonyl (C=O) groups excluding carboxylic acids is 1. The van der Waals surface area contributed by atoms with Crippen molar-refractivity contribution in [3.8, 4) is 11.5 Å². The number of halogens is 1. The highest BCUT2D eigenvalue weighted by Crippen LogP contribution is 2.36. The van der Waals surface area contributed by atoms with Gasteiger partial charge in [-0.1, -0.05) is 11.6 Å². The molecule has 0 radical (unpaired) electrons. The van der Waals surface area contributed by atoms with Crippen LogP contribution in [0.15, 0.2) is 18.2 Å². The number of nitrogens with one attached hydrogen (secondary N) is 2.